The fourth-order valence-corrected chi connectivity index (χ4v) is 5.11. The molecule has 2 atom stereocenters. The average Bonchev–Trinajstić information content (AvgIpc) is 2.98. The minimum atomic E-state index is 0.0754. The van der Waals surface area contributed by atoms with E-state index in [1.807, 2.05) is 23.1 Å². The average molecular weight is 389 g/mol. The van der Waals surface area contributed by atoms with Crippen LogP contribution in [0.2, 0.25) is 0 Å². The highest BCUT2D eigenvalue weighted by Crippen LogP contribution is 2.31. The molecular formula is C24H28N4O. The molecule has 0 N–H and O–H groups in total. The second kappa shape index (κ2) is 7.64. The Morgan fingerprint density at radius 2 is 2.00 bits per heavy atom. The summed E-state index contributed by atoms with van der Waals surface area (Å²) in [4.78, 5) is 21.9. The zero-order valence-electron chi connectivity index (χ0n) is 17.0. The number of nitrogens with zero attached hydrogens (tertiary/aromatic N) is 4. The van der Waals surface area contributed by atoms with Crippen LogP contribution in [-0.2, 0) is 13.1 Å². The highest BCUT2D eigenvalue weighted by Gasteiger charge is 2.37. The number of rotatable bonds is 4. The Morgan fingerprint density at radius 1 is 1.07 bits per heavy atom. The molecular weight excluding hydrogens is 360 g/mol. The smallest absolute Gasteiger partial charge is 0.272 e. The van der Waals surface area contributed by atoms with Gasteiger partial charge in [0, 0.05) is 62.1 Å². The van der Waals surface area contributed by atoms with Crippen molar-refractivity contribution in [3.63, 3.8) is 0 Å². The third-order valence-corrected chi connectivity index (χ3v) is 6.62. The number of pyridine rings is 1. The monoisotopic (exact) mass is 388 g/mol. The normalized spacial score (nSPS) is 22.2. The van der Waals surface area contributed by atoms with Gasteiger partial charge in [0.25, 0.3) is 5.91 Å². The van der Waals surface area contributed by atoms with Crippen molar-refractivity contribution in [1.29, 1.82) is 0 Å². The van der Waals surface area contributed by atoms with E-state index in [0.29, 0.717) is 17.7 Å². The van der Waals surface area contributed by atoms with Crippen LogP contribution in [-0.4, -0.2) is 50.9 Å². The van der Waals surface area contributed by atoms with E-state index in [9.17, 15) is 4.79 Å². The lowest BCUT2D eigenvalue weighted by Crippen LogP contribution is -2.44. The molecule has 3 aliphatic heterocycles. The Bertz CT molecular complexity index is 1010. The van der Waals surface area contributed by atoms with E-state index in [1.165, 1.54) is 29.3 Å². The van der Waals surface area contributed by atoms with Gasteiger partial charge in [0.05, 0.1) is 0 Å². The number of piperidine rings is 1. The molecule has 3 aromatic rings. The summed E-state index contributed by atoms with van der Waals surface area (Å²) >= 11 is 0. The topological polar surface area (TPSA) is 41.4 Å². The fraction of sp³-hybridized carbons (Fsp3) is 0.417. The van der Waals surface area contributed by atoms with Crippen LogP contribution < -0.4 is 0 Å². The zero-order chi connectivity index (χ0) is 19.8. The van der Waals surface area contributed by atoms with Gasteiger partial charge in [0.2, 0.25) is 0 Å². The molecule has 3 fully saturated rings. The summed E-state index contributed by atoms with van der Waals surface area (Å²) in [5.74, 6) is 0.618. The number of aromatic nitrogens is 2. The van der Waals surface area contributed by atoms with Crippen molar-refractivity contribution < 1.29 is 4.79 Å². The van der Waals surface area contributed by atoms with E-state index in [0.717, 1.165) is 32.7 Å². The van der Waals surface area contributed by atoms with Crippen LogP contribution in [0.15, 0.2) is 54.9 Å². The van der Waals surface area contributed by atoms with E-state index in [4.69, 9.17) is 0 Å². The summed E-state index contributed by atoms with van der Waals surface area (Å²) in [6.07, 6.45) is 6.28. The van der Waals surface area contributed by atoms with Gasteiger partial charge in [-0.25, -0.2) is 0 Å². The van der Waals surface area contributed by atoms with Crippen LogP contribution in [0.4, 0.5) is 0 Å². The van der Waals surface area contributed by atoms with E-state index in [1.54, 1.807) is 6.20 Å². The molecule has 3 aliphatic rings. The Labute approximate surface area is 171 Å². The largest absolute Gasteiger partial charge is 0.348 e. The molecule has 1 aromatic carbocycles. The molecule has 6 rings (SSSR count). The van der Waals surface area contributed by atoms with Gasteiger partial charge in [-0.05, 0) is 55.5 Å². The molecule has 0 aliphatic carbocycles. The number of carbonyl (C=O) groups is 1. The van der Waals surface area contributed by atoms with Crippen LogP contribution in [0.5, 0.6) is 0 Å². The molecule has 5 heteroatoms. The number of benzene rings is 1. The summed E-state index contributed by atoms with van der Waals surface area (Å²) in [7, 11) is 0. The molecule has 1 amide bonds. The molecule has 0 unspecified atom stereocenters. The van der Waals surface area contributed by atoms with Crippen molar-refractivity contribution in [3.8, 4) is 0 Å². The second-order valence-electron chi connectivity index (χ2n) is 8.40. The molecule has 3 saturated heterocycles. The maximum atomic E-state index is 13.0. The molecule has 0 saturated carbocycles. The summed E-state index contributed by atoms with van der Waals surface area (Å²) in [6, 6.07) is 14.9. The third kappa shape index (κ3) is 3.44. The van der Waals surface area contributed by atoms with Crippen molar-refractivity contribution in [1.82, 2.24) is 19.4 Å². The first-order chi connectivity index (χ1) is 14.2. The predicted molar refractivity (Wildman–Crippen MR) is 115 cm³/mol. The van der Waals surface area contributed by atoms with Crippen LogP contribution in [0.1, 0.15) is 35.8 Å². The van der Waals surface area contributed by atoms with Crippen LogP contribution in [0.3, 0.4) is 0 Å². The number of hydrogen-bond donors (Lipinski definition) is 0. The summed E-state index contributed by atoms with van der Waals surface area (Å²) in [5.41, 5.74) is 3.27. The van der Waals surface area contributed by atoms with Gasteiger partial charge in [0.1, 0.15) is 5.69 Å². The first-order valence-corrected chi connectivity index (χ1v) is 10.7. The fourth-order valence-electron chi connectivity index (χ4n) is 5.11. The van der Waals surface area contributed by atoms with Gasteiger partial charge in [-0.1, -0.05) is 18.2 Å². The Hall–Kier alpha value is -2.66. The highest BCUT2D eigenvalue weighted by atomic mass is 16.2. The van der Waals surface area contributed by atoms with Gasteiger partial charge in [-0.3, -0.25) is 14.7 Å². The van der Waals surface area contributed by atoms with Gasteiger partial charge in [0.15, 0.2) is 0 Å². The molecule has 2 bridgehead atoms. The first-order valence-electron chi connectivity index (χ1n) is 10.7. The summed E-state index contributed by atoms with van der Waals surface area (Å²) in [5, 5.41) is 1.36. The molecule has 2 aromatic heterocycles. The number of hydrogen-bond acceptors (Lipinski definition) is 3. The van der Waals surface area contributed by atoms with Crippen LogP contribution in [0, 0.1) is 5.92 Å². The highest BCUT2D eigenvalue weighted by molar-refractivity contribution is 5.92. The minimum absolute atomic E-state index is 0.0754. The number of fused-ring (bicyclic) bond motifs is 5. The van der Waals surface area contributed by atoms with Crippen LogP contribution >= 0.6 is 0 Å². The summed E-state index contributed by atoms with van der Waals surface area (Å²) < 4.78 is 2.31. The Balaban J connectivity index is 1.37. The maximum Gasteiger partial charge on any atom is 0.272 e. The van der Waals surface area contributed by atoms with Gasteiger partial charge >= 0.3 is 0 Å². The quantitative estimate of drug-likeness (QED) is 0.683. The molecule has 0 radical (unpaired) electrons. The molecule has 5 heterocycles. The zero-order valence-corrected chi connectivity index (χ0v) is 17.0. The molecule has 5 nitrogen and oxygen atoms in total. The third-order valence-electron chi connectivity index (χ3n) is 6.62. The van der Waals surface area contributed by atoms with Gasteiger partial charge in [-0.2, -0.15) is 0 Å². The van der Waals surface area contributed by atoms with E-state index in [2.05, 4.69) is 51.8 Å². The molecule has 150 valence electrons. The standard InChI is InChI=1S/C24H28N4O/c1-2-26-13-11-21-19(6-5-8-23(21)26)16-27-14-18-9-10-20(27)17-28(15-18)24(29)22-7-3-4-12-25-22/h3-8,11-13,18,20H,2,9-10,14-17H2,1H3/t18-,20-/m1/s1. The number of carbonyl (C=O) groups excluding carboxylic acids is 1. The maximum absolute atomic E-state index is 13.0. The van der Waals surface area contributed by atoms with E-state index < -0.39 is 0 Å². The number of amides is 1. The van der Waals surface area contributed by atoms with Gasteiger partial charge in [-0.15, -0.1) is 0 Å². The molecule has 29 heavy (non-hydrogen) atoms. The molecule has 0 spiro atoms. The predicted octanol–water partition coefficient (Wildman–Crippen LogP) is 3.79. The minimum Gasteiger partial charge on any atom is -0.348 e. The Morgan fingerprint density at radius 3 is 2.83 bits per heavy atom. The lowest BCUT2D eigenvalue weighted by Gasteiger charge is -2.36. The lowest BCUT2D eigenvalue weighted by molar-refractivity contribution is 0.0730. The SMILES string of the molecule is CCn1ccc2c(CN3C[C@H]4CC[C@@H]3CN(C(=O)c3ccccn3)C4)cccc21. The lowest BCUT2D eigenvalue weighted by atomic mass is 9.94. The Kier molecular flexibility index (Phi) is 4.84. The van der Waals surface area contributed by atoms with E-state index >= 15 is 0 Å². The van der Waals surface area contributed by atoms with Gasteiger partial charge < -0.3 is 9.47 Å². The van der Waals surface area contributed by atoms with Crippen molar-refractivity contribution in [2.75, 3.05) is 19.6 Å². The summed E-state index contributed by atoms with van der Waals surface area (Å²) in [6.45, 7) is 6.86. The van der Waals surface area contributed by atoms with Crippen molar-refractivity contribution >= 4 is 16.8 Å². The number of aryl methyl sites for hydroxylation is 1. The van der Waals surface area contributed by atoms with Crippen molar-refractivity contribution in [3.05, 3.63) is 66.1 Å². The second-order valence-corrected chi connectivity index (χ2v) is 8.40. The van der Waals surface area contributed by atoms with Crippen molar-refractivity contribution in [2.24, 2.45) is 5.92 Å². The van der Waals surface area contributed by atoms with Crippen molar-refractivity contribution in [2.45, 2.75) is 38.9 Å². The first kappa shape index (κ1) is 18.4. The van der Waals surface area contributed by atoms with Crippen LogP contribution in [0.25, 0.3) is 10.9 Å². The van der Waals surface area contributed by atoms with E-state index in [-0.39, 0.29) is 5.91 Å².